The molecule has 0 N–H and O–H groups in total. The van der Waals surface area contributed by atoms with Gasteiger partial charge in [-0.2, -0.15) is 0 Å². The fourth-order valence-electron chi connectivity index (χ4n) is 2.29. The normalized spacial score (nSPS) is 23.1. The molecule has 5 heteroatoms. The van der Waals surface area contributed by atoms with Crippen LogP contribution in [0.4, 0.5) is 0 Å². The van der Waals surface area contributed by atoms with Gasteiger partial charge < -0.3 is 18.8 Å². The van der Waals surface area contributed by atoms with Gasteiger partial charge in [0.2, 0.25) is 0 Å². The number of nitrogens with zero attached hydrogens (tertiary/aromatic N) is 1. The van der Waals surface area contributed by atoms with E-state index in [0.717, 1.165) is 0 Å². The van der Waals surface area contributed by atoms with Crippen LogP contribution in [0.15, 0.2) is 23.0 Å². The number of hydrogen-bond donors (Lipinski definition) is 0. The summed E-state index contributed by atoms with van der Waals surface area (Å²) in [6, 6.07) is 1.68. The maximum atomic E-state index is 12.3. The zero-order chi connectivity index (χ0) is 13.2. The topological polar surface area (TPSA) is 51.9 Å². The molecule has 1 aromatic heterocycles. The number of rotatable bonds is 3. The van der Waals surface area contributed by atoms with Gasteiger partial charge in [-0.1, -0.05) is 0 Å². The van der Waals surface area contributed by atoms with E-state index < -0.39 is 0 Å². The van der Waals surface area contributed by atoms with E-state index in [9.17, 15) is 4.79 Å². The van der Waals surface area contributed by atoms with Crippen molar-refractivity contribution in [2.45, 2.75) is 25.6 Å². The van der Waals surface area contributed by atoms with Gasteiger partial charge in [0.25, 0.3) is 5.91 Å². The smallest absolute Gasteiger partial charge is 0.257 e. The molecule has 0 spiro atoms. The van der Waals surface area contributed by atoms with Crippen molar-refractivity contribution in [2.75, 3.05) is 26.8 Å². The molecular weight excluding hydrogens is 234 g/mol. The fraction of sp³-hybridized carbons (Fsp3) is 0.615. The third-order valence-electron chi connectivity index (χ3n) is 2.89. The lowest BCUT2D eigenvalue weighted by Gasteiger charge is -2.42. The molecule has 1 aliphatic rings. The van der Waals surface area contributed by atoms with Crippen LogP contribution >= 0.6 is 0 Å². The van der Waals surface area contributed by atoms with Gasteiger partial charge in [0.05, 0.1) is 30.1 Å². The SMILES string of the molecule is COC[C@@H]1CN(C(=O)c2ccoc2)CC(C)(C)O1. The van der Waals surface area contributed by atoms with E-state index in [0.29, 0.717) is 25.3 Å². The Balaban J connectivity index is 2.10. The molecule has 0 bridgehead atoms. The van der Waals surface area contributed by atoms with Crippen LogP contribution in [-0.2, 0) is 9.47 Å². The van der Waals surface area contributed by atoms with Gasteiger partial charge in [-0.05, 0) is 19.9 Å². The van der Waals surface area contributed by atoms with E-state index in [-0.39, 0.29) is 17.6 Å². The number of carbonyl (C=O) groups is 1. The van der Waals surface area contributed by atoms with Crippen LogP contribution in [0.25, 0.3) is 0 Å². The van der Waals surface area contributed by atoms with Crippen LogP contribution in [0.3, 0.4) is 0 Å². The Morgan fingerprint density at radius 3 is 3.00 bits per heavy atom. The van der Waals surface area contributed by atoms with Crippen molar-refractivity contribution in [2.24, 2.45) is 0 Å². The molecule has 0 saturated carbocycles. The fourth-order valence-corrected chi connectivity index (χ4v) is 2.29. The molecular formula is C13H19NO4. The summed E-state index contributed by atoms with van der Waals surface area (Å²) in [5.41, 5.74) is 0.213. The summed E-state index contributed by atoms with van der Waals surface area (Å²) >= 11 is 0. The van der Waals surface area contributed by atoms with Crippen molar-refractivity contribution in [3.63, 3.8) is 0 Å². The number of ether oxygens (including phenoxy) is 2. The predicted octanol–water partition coefficient (Wildman–Crippen LogP) is 1.55. The third-order valence-corrected chi connectivity index (χ3v) is 2.89. The number of carbonyl (C=O) groups excluding carboxylic acids is 1. The maximum Gasteiger partial charge on any atom is 0.257 e. The molecule has 5 nitrogen and oxygen atoms in total. The first-order chi connectivity index (χ1) is 8.52. The highest BCUT2D eigenvalue weighted by atomic mass is 16.5. The minimum Gasteiger partial charge on any atom is -0.472 e. The summed E-state index contributed by atoms with van der Waals surface area (Å²) < 4.78 is 15.9. The van der Waals surface area contributed by atoms with Gasteiger partial charge >= 0.3 is 0 Å². The van der Waals surface area contributed by atoms with Crippen molar-refractivity contribution in [1.29, 1.82) is 0 Å². The Morgan fingerprint density at radius 2 is 2.39 bits per heavy atom. The van der Waals surface area contributed by atoms with E-state index in [1.165, 1.54) is 12.5 Å². The van der Waals surface area contributed by atoms with Crippen LogP contribution in [-0.4, -0.2) is 49.3 Å². The molecule has 0 aliphatic carbocycles. The van der Waals surface area contributed by atoms with Crippen LogP contribution in [0.5, 0.6) is 0 Å². The van der Waals surface area contributed by atoms with E-state index in [1.807, 2.05) is 13.8 Å². The Hall–Kier alpha value is -1.33. The van der Waals surface area contributed by atoms with E-state index in [4.69, 9.17) is 13.9 Å². The van der Waals surface area contributed by atoms with Gasteiger partial charge in [0.15, 0.2) is 0 Å². The van der Waals surface area contributed by atoms with Gasteiger partial charge in [-0.15, -0.1) is 0 Å². The second-order valence-electron chi connectivity index (χ2n) is 5.15. The lowest BCUT2D eigenvalue weighted by molar-refractivity contribution is -0.143. The molecule has 1 aliphatic heterocycles. The minimum absolute atomic E-state index is 0.0266. The minimum atomic E-state index is -0.360. The molecule has 18 heavy (non-hydrogen) atoms. The lowest BCUT2D eigenvalue weighted by atomic mass is 10.0. The van der Waals surface area contributed by atoms with Crippen LogP contribution < -0.4 is 0 Å². The highest BCUT2D eigenvalue weighted by molar-refractivity contribution is 5.93. The quantitative estimate of drug-likeness (QED) is 0.820. The Bertz CT molecular complexity index is 399. The first-order valence-corrected chi connectivity index (χ1v) is 6.00. The Labute approximate surface area is 107 Å². The second kappa shape index (κ2) is 5.12. The standard InChI is InChI=1S/C13H19NO4/c1-13(2)9-14(6-11(18-13)8-16-3)12(15)10-4-5-17-7-10/h4-5,7,11H,6,8-9H2,1-3H3/t11-/m0/s1. The summed E-state index contributed by atoms with van der Waals surface area (Å²) in [4.78, 5) is 14.1. The monoisotopic (exact) mass is 253 g/mol. The molecule has 1 amide bonds. The number of hydrogen-bond acceptors (Lipinski definition) is 4. The molecule has 1 saturated heterocycles. The van der Waals surface area contributed by atoms with E-state index in [1.54, 1.807) is 18.1 Å². The number of furan rings is 1. The summed E-state index contributed by atoms with van der Waals surface area (Å²) in [7, 11) is 1.63. The summed E-state index contributed by atoms with van der Waals surface area (Å²) in [6.07, 6.45) is 2.89. The van der Waals surface area contributed by atoms with Crippen molar-refractivity contribution in [3.8, 4) is 0 Å². The molecule has 2 heterocycles. The van der Waals surface area contributed by atoms with Gasteiger partial charge in [0, 0.05) is 20.2 Å². The molecule has 100 valence electrons. The van der Waals surface area contributed by atoms with Gasteiger partial charge in [-0.25, -0.2) is 0 Å². The number of amides is 1. The number of morpholine rings is 1. The zero-order valence-corrected chi connectivity index (χ0v) is 11.0. The molecule has 0 unspecified atom stereocenters. The third kappa shape index (κ3) is 2.91. The highest BCUT2D eigenvalue weighted by Crippen LogP contribution is 2.22. The lowest BCUT2D eigenvalue weighted by Crippen LogP contribution is -2.55. The molecule has 0 radical (unpaired) electrons. The van der Waals surface area contributed by atoms with Crippen LogP contribution in [0.1, 0.15) is 24.2 Å². The maximum absolute atomic E-state index is 12.3. The average molecular weight is 253 g/mol. The molecule has 1 fully saturated rings. The first-order valence-electron chi connectivity index (χ1n) is 6.00. The van der Waals surface area contributed by atoms with Crippen molar-refractivity contribution < 1.29 is 18.7 Å². The van der Waals surface area contributed by atoms with Crippen LogP contribution in [0.2, 0.25) is 0 Å². The molecule has 0 aromatic carbocycles. The second-order valence-corrected chi connectivity index (χ2v) is 5.15. The van der Waals surface area contributed by atoms with Crippen molar-refractivity contribution >= 4 is 5.91 Å². The average Bonchev–Trinajstić information content (AvgIpc) is 2.79. The Kier molecular flexibility index (Phi) is 3.73. The molecule has 1 atom stereocenters. The van der Waals surface area contributed by atoms with Crippen molar-refractivity contribution in [1.82, 2.24) is 4.90 Å². The first kappa shape index (κ1) is 13.1. The molecule has 2 rings (SSSR count). The summed E-state index contributed by atoms with van der Waals surface area (Å²) in [5, 5.41) is 0. The molecule has 1 aromatic rings. The zero-order valence-electron chi connectivity index (χ0n) is 11.0. The summed E-state index contributed by atoms with van der Waals surface area (Å²) in [6.45, 7) is 5.55. The largest absolute Gasteiger partial charge is 0.472 e. The predicted molar refractivity (Wildman–Crippen MR) is 65.4 cm³/mol. The van der Waals surface area contributed by atoms with E-state index in [2.05, 4.69) is 0 Å². The number of methoxy groups -OCH3 is 1. The van der Waals surface area contributed by atoms with E-state index >= 15 is 0 Å². The Morgan fingerprint density at radius 1 is 1.61 bits per heavy atom. The van der Waals surface area contributed by atoms with Gasteiger partial charge in [-0.3, -0.25) is 4.79 Å². The summed E-state index contributed by atoms with van der Waals surface area (Å²) in [5.74, 6) is -0.0266. The van der Waals surface area contributed by atoms with Crippen LogP contribution in [0, 0.1) is 0 Å². The van der Waals surface area contributed by atoms with Gasteiger partial charge in [0.1, 0.15) is 6.26 Å². The highest BCUT2D eigenvalue weighted by Gasteiger charge is 2.36. The van der Waals surface area contributed by atoms with Crippen molar-refractivity contribution in [3.05, 3.63) is 24.2 Å².